The molecule has 3 N–H and O–H groups in total. The van der Waals surface area contributed by atoms with Gasteiger partial charge in [0.25, 0.3) is 0 Å². The average molecular weight is 400 g/mol. The van der Waals surface area contributed by atoms with Crippen molar-refractivity contribution in [1.29, 1.82) is 0 Å². The van der Waals surface area contributed by atoms with Gasteiger partial charge < -0.3 is 10.6 Å². The summed E-state index contributed by atoms with van der Waals surface area (Å²) in [4.78, 5) is 13.2. The minimum atomic E-state index is -0.191. The first-order valence-electron chi connectivity index (χ1n) is 10.0. The normalized spacial score (nSPS) is 12.3. The molecule has 0 aliphatic heterocycles. The van der Waals surface area contributed by atoms with E-state index >= 15 is 0 Å². The first-order chi connectivity index (χ1) is 13.6. The van der Waals surface area contributed by atoms with E-state index in [4.69, 9.17) is 0 Å². The smallest absolute Gasteiger partial charge is 0.237 e. The van der Waals surface area contributed by atoms with Crippen LogP contribution in [0.15, 0.2) is 60.7 Å². The number of unbranched alkanes of at least 4 members (excludes halogenated alkanes) is 1. The van der Waals surface area contributed by atoms with Crippen LogP contribution in [0.2, 0.25) is 0 Å². The molecule has 5 heteroatoms. The van der Waals surface area contributed by atoms with Gasteiger partial charge in [-0.25, -0.2) is 0 Å². The molecule has 0 heterocycles. The van der Waals surface area contributed by atoms with Crippen molar-refractivity contribution in [3.8, 4) is 0 Å². The Labute approximate surface area is 174 Å². The molecule has 0 aliphatic rings. The Morgan fingerprint density at radius 2 is 1.50 bits per heavy atom. The molecule has 2 aromatic carbocycles. The van der Waals surface area contributed by atoms with Crippen molar-refractivity contribution in [3.05, 3.63) is 71.8 Å². The van der Waals surface area contributed by atoms with Crippen LogP contribution in [0.4, 0.5) is 0 Å². The van der Waals surface area contributed by atoms with Crippen LogP contribution in [0.25, 0.3) is 0 Å². The summed E-state index contributed by atoms with van der Waals surface area (Å²) in [6.07, 6.45) is 4.93. The van der Waals surface area contributed by atoms with Gasteiger partial charge in [-0.05, 0) is 30.2 Å². The number of hydrogen-bond acceptors (Lipinski definition) is 4. The van der Waals surface area contributed by atoms with Crippen molar-refractivity contribution < 1.29 is 4.79 Å². The molecule has 0 saturated heterocycles. The first-order valence-corrected chi connectivity index (χ1v) is 11.3. The van der Waals surface area contributed by atoms with Crippen molar-refractivity contribution in [3.63, 3.8) is 0 Å². The molecule has 0 bridgehead atoms. The van der Waals surface area contributed by atoms with Crippen LogP contribution in [-0.2, 0) is 4.79 Å². The van der Waals surface area contributed by atoms with Crippen molar-refractivity contribution in [2.45, 2.75) is 51.2 Å². The standard InChI is InChI=1S/C23H33N3OS/c1-18(2)25-21(16-10-11-17-24-28-3)23(27)26-22(19-12-6-4-7-13-19)20-14-8-5-9-15-20/h4-9,12-15,18,21-22,24-25H,10-11,16-17H2,1-3H3,(H,26,27). The molecule has 1 amide bonds. The lowest BCUT2D eigenvalue weighted by Crippen LogP contribution is -2.48. The highest BCUT2D eigenvalue weighted by Gasteiger charge is 2.23. The second kappa shape index (κ2) is 12.6. The number of benzene rings is 2. The molecule has 0 fully saturated rings. The maximum Gasteiger partial charge on any atom is 0.237 e. The van der Waals surface area contributed by atoms with E-state index in [0.717, 1.165) is 36.9 Å². The summed E-state index contributed by atoms with van der Waals surface area (Å²) >= 11 is 1.64. The maximum absolute atomic E-state index is 13.2. The second-order valence-electron chi connectivity index (χ2n) is 7.23. The topological polar surface area (TPSA) is 53.2 Å². The summed E-state index contributed by atoms with van der Waals surface area (Å²) in [6, 6.07) is 20.2. The number of hydrogen-bond donors (Lipinski definition) is 3. The first kappa shape index (κ1) is 22.5. The lowest BCUT2D eigenvalue weighted by molar-refractivity contribution is -0.124. The Bertz CT molecular complexity index is 639. The molecule has 4 nitrogen and oxygen atoms in total. The highest BCUT2D eigenvalue weighted by Crippen LogP contribution is 2.22. The third-order valence-corrected chi connectivity index (χ3v) is 5.06. The number of carbonyl (C=O) groups is 1. The predicted molar refractivity (Wildman–Crippen MR) is 120 cm³/mol. The molecule has 0 radical (unpaired) electrons. The van der Waals surface area contributed by atoms with E-state index < -0.39 is 0 Å². The number of nitrogens with one attached hydrogen (secondary N) is 3. The molecule has 0 saturated carbocycles. The van der Waals surface area contributed by atoms with Crippen LogP contribution in [0.3, 0.4) is 0 Å². The average Bonchev–Trinajstić information content (AvgIpc) is 2.72. The number of carbonyl (C=O) groups excluding carboxylic acids is 1. The van der Waals surface area contributed by atoms with Gasteiger partial charge in [-0.15, -0.1) is 0 Å². The quantitative estimate of drug-likeness (QED) is 0.368. The largest absolute Gasteiger partial charge is 0.344 e. The highest BCUT2D eigenvalue weighted by atomic mass is 32.2. The van der Waals surface area contributed by atoms with Crippen molar-refractivity contribution in [1.82, 2.24) is 15.4 Å². The minimum Gasteiger partial charge on any atom is -0.344 e. The lowest BCUT2D eigenvalue weighted by Gasteiger charge is -2.25. The SMILES string of the molecule is CSNCCCCC(NC(C)C)C(=O)NC(c1ccccc1)c1ccccc1. The van der Waals surface area contributed by atoms with Gasteiger partial charge in [0.05, 0.1) is 12.1 Å². The molecule has 28 heavy (non-hydrogen) atoms. The predicted octanol–water partition coefficient (Wildman–Crippen LogP) is 4.30. The molecule has 2 aromatic rings. The van der Waals surface area contributed by atoms with Crippen LogP contribution in [0.5, 0.6) is 0 Å². The Balaban J connectivity index is 2.09. The zero-order valence-electron chi connectivity index (χ0n) is 17.2. The Morgan fingerprint density at radius 3 is 2.00 bits per heavy atom. The van der Waals surface area contributed by atoms with Crippen molar-refractivity contribution in [2.75, 3.05) is 12.8 Å². The third kappa shape index (κ3) is 7.66. The fourth-order valence-electron chi connectivity index (χ4n) is 3.23. The molecule has 1 atom stereocenters. The maximum atomic E-state index is 13.2. The monoisotopic (exact) mass is 399 g/mol. The summed E-state index contributed by atoms with van der Waals surface area (Å²) < 4.78 is 3.26. The summed E-state index contributed by atoms with van der Waals surface area (Å²) in [7, 11) is 0. The van der Waals surface area contributed by atoms with Crippen LogP contribution in [0.1, 0.15) is 50.3 Å². The molecule has 152 valence electrons. The molecule has 0 spiro atoms. The van der Waals surface area contributed by atoms with Gasteiger partial charge in [-0.1, -0.05) is 92.9 Å². The van der Waals surface area contributed by atoms with E-state index in [1.165, 1.54) is 0 Å². The van der Waals surface area contributed by atoms with E-state index in [1.54, 1.807) is 11.9 Å². The van der Waals surface area contributed by atoms with E-state index in [9.17, 15) is 4.79 Å². The molecule has 0 aliphatic carbocycles. The van der Waals surface area contributed by atoms with E-state index in [-0.39, 0.29) is 24.0 Å². The Hall–Kier alpha value is -1.82. The number of amides is 1. The van der Waals surface area contributed by atoms with Crippen LogP contribution >= 0.6 is 11.9 Å². The van der Waals surface area contributed by atoms with Crippen LogP contribution < -0.4 is 15.4 Å². The Kier molecular flexibility index (Phi) is 10.1. The van der Waals surface area contributed by atoms with Gasteiger partial charge in [0, 0.05) is 12.6 Å². The Morgan fingerprint density at radius 1 is 0.929 bits per heavy atom. The summed E-state index contributed by atoms with van der Waals surface area (Å²) in [6.45, 7) is 5.14. The zero-order chi connectivity index (χ0) is 20.2. The van der Waals surface area contributed by atoms with Gasteiger partial charge >= 0.3 is 0 Å². The second-order valence-corrected chi connectivity index (χ2v) is 7.93. The van der Waals surface area contributed by atoms with Gasteiger partial charge in [0.2, 0.25) is 5.91 Å². The highest BCUT2D eigenvalue weighted by molar-refractivity contribution is 7.96. The third-order valence-electron chi connectivity index (χ3n) is 4.57. The van der Waals surface area contributed by atoms with Gasteiger partial charge in [-0.3, -0.25) is 9.52 Å². The zero-order valence-corrected chi connectivity index (χ0v) is 18.0. The van der Waals surface area contributed by atoms with E-state index in [0.29, 0.717) is 0 Å². The molecule has 1 unspecified atom stereocenters. The molecular weight excluding hydrogens is 366 g/mol. The summed E-state index contributed by atoms with van der Waals surface area (Å²) in [5.41, 5.74) is 2.18. The van der Waals surface area contributed by atoms with Crippen molar-refractivity contribution >= 4 is 17.9 Å². The summed E-state index contributed by atoms with van der Waals surface area (Å²) in [5, 5.41) is 6.73. The molecule has 2 rings (SSSR count). The minimum absolute atomic E-state index is 0.0595. The lowest BCUT2D eigenvalue weighted by atomic mass is 9.97. The summed E-state index contributed by atoms with van der Waals surface area (Å²) in [5.74, 6) is 0.0595. The fourth-order valence-corrected chi connectivity index (χ4v) is 3.58. The van der Waals surface area contributed by atoms with Crippen LogP contribution in [0, 0.1) is 0 Å². The van der Waals surface area contributed by atoms with Gasteiger partial charge in [0.15, 0.2) is 0 Å². The fraction of sp³-hybridized carbons (Fsp3) is 0.435. The molecular formula is C23H33N3OS. The van der Waals surface area contributed by atoms with E-state index in [1.807, 2.05) is 42.7 Å². The van der Waals surface area contributed by atoms with Gasteiger partial charge in [0.1, 0.15) is 0 Å². The van der Waals surface area contributed by atoms with Gasteiger partial charge in [-0.2, -0.15) is 0 Å². The molecule has 0 aromatic heterocycles. The van der Waals surface area contributed by atoms with E-state index in [2.05, 4.69) is 53.5 Å². The van der Waals surface area contributed by atoms with Crippen LogP contribution in [-0.4, -0.2) is 30.8 Å². The number of rotatable bonds is 12. The van der Waals surface area contributed by atoms with Crippen molar-refractivity contribution in [2.24, 2.45) is 0 Å².